The first-order valence-electron chi connectivity index (χ1n) is 8.61. The third kappa shape index (κ3) is 2.88. The zero-order valence-corrected chi connectivity index (χ0v) is 15.7. The predicted octanol–water partition coefficient (Wildman–Crippen LogP) is 3.66. The van der Waals surface area contributed by atoms with Gasteiger partial charge in [0.1, 0.15) is 10.7 Å². The fourth-order valence-corrected chi connectivity index (χ4v) is 4.29. The van der Waals surface area contributed by atoms with Crippen molar-refractivity contribution in [1.29, 1.82) is 0 Å². The van der Waals surface area contributed by atoms with Crippen LogP contribution in [-0.2, 0) is 11.2 Å². The summed E-state index contributed by atoms with van der Waals surface area (Å²) in [4.78, 5) is 33.5. The molecule has 1 aromatic carbocycles. The molecule has 26 heavy (non-hydrogen) atoms. The monoisotopic (exact) mass is 368 g/mol. The quantitative estimate of drug-likeness (QED) is 0.658. The van der Waals surface area contributed by atoms with Gasteiger partial charge in [-0.2, -0.15) is 0 Å². The predicted molar refractivity (Wildman–Crippen MR) is 105 cm³/mol. The van der Waals surface area contributed by atoms with Crippen LogP contribution in [0.5, 0.6) is 0 Å². The van der Waals surface area contributed by atoms with E-state index in [4.69, 9.17) is 0 Å². The van der Waals surface area contributed by atoms with E-state index in [9.17, 15) is 9.59 Å². The molecule has 1 atom stereocenters. The molecule has 7 heteroatoms. The van der Waals surface area contributed by atoms with Crippen molar-refractivity contribution in [3.63, 3.8) is 0 Å². The summed E-state index contributed by atoms with van der Waals surface area (Å²) in [6.07, 6.45) is 1.29. The van der Waals surface area contributed by atoms with Crippen molar-refractivity contribution in [3.8, 4) is 0 Å². The Morgan fingerprint density at radius 1 is 1.23 bits per heavy atom. The fourth-order valence-electron chi connectivity index (χ4n) is 3.26. The number of hydrogen-bond acceptors (Lipinski definition) is 5. The molecule has 3 N–H and O–H groups in total. The van der Waals surface area contributed by atoms with Crippen LogP contribution in [0.25, 0.3) is 10.2 Å². The molecule has 3 aromatic rings. The molecule has 1 aliphatic rings. The van der Waals surface area contributed by atoms with Crippen LogP contribution in [0.2, 0.25) is 0 Å². The van der Waals surface area contributed by atoms with Crippen LogP contribution in [-0.4, -0.2) is 15.9 Å². The second kappa shape index (κ2) is 6.25. The highest BCUT2D eigenvalue weighted by Gasteiger charge is 2.17. The number of hydrogen-bond donors (Lipinski definition) is 3. The maximum Gasteiger partial charge on any atom is 0.259 e. The summed E-state index contributed by atoms with van der Waals surface area (Å²) in [5.41, 5.74) is 3.76. The largest absolute Gasteiger partial charge is 0.375 e. The SMILES string of the molecule is Cc1sc2nc(C(C)Nc3ccc4c(c3)NC(=O)CC4)[nH]c(=O)c2c1C. The number of aromatic nitrogens is 2. The third-order valence-electron chi connectivity index (χ3n) is 4.86. The average Bonchev–Trinajstić information content (AvgIpc) is 2.89. The molecule has 0 aliphatic carbocycles. The summed E-state index contributed by atoms with van der Waals surface area (Å²) in [7, 11) is 0. The molecule has 2 aromatic heterocycles. The molecule has 1 unspecified atom stereocenters. The van der Waals surface area contributed by atoms with E-state index in [2.05, 4.69) is 20.6 Å². The van der Waals surface area contributed by atoms with Crippen LogP contribution in [0.4, 0.5) is 11.4 Å². The number of anilines is 2. The highest BCUT2D eigenvalue weighted by atomic mass is 32.1. The molecule has 1 amide bonds. The molecular weight excluding hydrogens is 348 g/mol. The van der Waals surface area contributed by atoms with Crippen LogP contribution < -0.4 is 16.2 Å². The first-order valence-corrected chi connectivity index (χ1v) is 9.43. The van der Waals surface area contributed by atoms with E-state index in [1.807, 2.05) is 39.0 Å². The molecule has 3 heterocycles. The molecule has 1 aliphatic heterocycles. The van der Waals surface area contributed by atoms with Crippen molar-refractivity contribution < 1.29 is 4.79 Å². The molecular formula is C19H20N4O2S. The van der Waals surface area contributed by atoms with Gasteiger partial charge in [0, 0.05) is 22.7 Å². The number of nitrogens with zero attached hydrogens (tertiary/aromatic N) is 1. The topological polar surface area (TPSA) is 86.9 Å². The molecule has 6 nitrogen and oxygen atoms in total. The molecule has 0 saturated carbocycles. The van der Waals surface area contributed by atoms with Crippen molar-refractivity contribution in [2.45, 2.75) is 39.7 Å². The number of fused-ring (bicyclic) bond motifs is 2. The average molecular weight is 368 g/mol. The Kier molecular flexibility index (Phi) is 4.03. The highest BCUT2D eigenvalue weighted by molar-refractivity contribution is 7.18. The molecule has 0 saturated heterocycles. The van der Waals surface area contributed by atoms with Crippen LogP contribution in [0, 0.1) is 13.8 Å². The van der Waals surface area contributed by atoms with E-state index in [0.29, 0.717) is 17.6 Å². The van der Waals surface area contributed by atoms with E-state index in [0.717, 1.165) is 38.6 Å². The van der Waals surface area contributed by atoms with Crippen molar-refractivity contribution >= 4 is 38.8 Å². The molecule has 4 rings (SSSR count). The first kappa shape index (κ1) is 16.8. The van der Waals surface area contributed by atoms with E-state index in [1.165, 1.54) is 0 Å². The summed E-state index contributed by atoms with van der Waals surface area (Å²) in [6.45, 7) is 5.91. The Morgan fingerprint density at radius 2 is 2.04 bits per heavy atom. The summed E-state index contributed by atoms with van der Waals surface area (Å²) in [6, 6.07) is 5.77. The number of benzene rings is 1. The van der Waals surface area contributed by atoms with E-state index >= 15 is 0 Å². The van der Waals surface area contributed by atoms with E-state index in [-0.39, 0.29) is 17.5 Å². The van der Waals surface area contributed by atoms with Crippen molar-refractivity contribution in [1.82, 2.24) is 9.97 Å². The van der Waals surface area contributed by atoms with Gasteiger partial charge in [-0.25, -0.2) is 4.98 Å². The number of amides is 1. The van der Waals surface area contributed by atoms with Gasteiger partial charge >= 0.3 is 0 Å². The number of thiophene rings is 1. The Hall–Kier alpha value is -2.67. The van der Waals surface area contributed by atoms with E-state index in [1.54, 1.807) is 11.3 Å². The lowest BCUT2D eigenvalue weighted by atomic mass is 10.0. The van der Waals surface area contributed by atoms with Crippen LogP contribution in [0.15, 0.2) is 23.0 Å². The fraction of sp³-hybridized carbons (Fsp3) is 0.316. The smallest absolute Gasteiger partial charge is 0.259 e. The Labute approximate surface area is 154 Å². The lowest BCUT2D eigenvalue weighted by Gasteiger charge is -2.20. The van der Waals surface area contributed by atoms with Crippen molar-refractivity contribution in [3.05, 3.63) is 50.4 Å². The lowest BCUT2D eigenvalue weighted by molar-refractivity contribution is -0.116. The Morgan fingerprint density at radius 3 is 2.85 bits per heavy atom. The number of carbonyl (C=O) groups excluding carboxylic acids is 1. The van der Waals surface area contributed by atoms with E-state index < -0.39 is 0 Å². The summed E-state index contributed by atoms with van der Waals surface area (Å²) < 4.78 is 0. The van der Waals surface area contributed by atoms with Gasteiger partial charge in [0.15, 0.2) is 0 Å². The highest BCUT2D eigenvalue weighted by Crippen LogP contribution is 2.29. The maximum atomic E-state index is 12.5. The van der Waals surface area contributed by atoms with Crippen molar-refractivity contribution in [2.75, 3.05) is 10.6 Å². The number of carbonyl (C=O) groups is 1. The summed E-state index contributed by atoms with van der Waals surface area (Å²) in [5.74, 6) is 0.646. The third-order valence-corrected chi connectivity index (χ3v) is 5.96. The van der Waals surface area contributed by atoms with Gasteiger partial charge in [-0.3, -0.25) is 9.59 Å². The molecule has 0 radical (unpaired) electrons. The zero-order valence-electron chi connectivity index (χ0n) is 14.9. The van der Waals surface area contributed by atoms with Gasteiger partial charge in [-0.05, 0) is 50.5 Å². The normalized spacial score (nSPS) is 14.8. The number of rotatable bonds is 3. The van der Waals surface area contributed by atoms with Gasteiger partial charge in [0.2, 0.25) is 5.91 Å². The van der Waals surface area contributed by atoms with Crippen LogP contribution in [0.1, 0.15) is 41.2 Å². The van der Waals surface area contributed by atoms with Gasteiger partial charge in [-0.1, -0.05) is 6.07 Å². The first-order chi connectivity index (χ1) is 12.4. The van der Waals surface area contributed by atoms with Gasteiger partial charge < -0.3 is 15.6 Å². The second-order valence-electron chi connectivity index (χ2n) is 6.70. The van der Waals surface area contributed by atoms with Crippen molar-refractivity contribution in [2.24, 2.45) is 0 Å². The minimum Gasteiger partial charge on any atom is -0.375 e. The number of H-pyrrole nitrogens is 1. The zero-order chi connectivity index (χ0) is 18.4. The minimum atomic E-state index is -0.174. The summed E-state index contributed by atoms with van der Waals surface area (Å²) >= 11 is 1.54. The Balaban J connectivity index is 1.63. The van der Waals surface area contributed by atoms with Gasteiger partial charge in [0.05, 0.1) is 11.4 Å². The minimum absolute atomic E-state index is 0.0441. The standard InChI is InChI=1S/C19H20N4O2S/c1-9-11(3)26-19-16(9)18(25)22-17(23-19)10(2)20-13-6-4-12-5-7-15(24)21-14(12)8-13/h4,6,8,10,20H,5,7H2,1-3H3,(H,21,24)(H,22,23,25). The molecule has 0 spiro atoms. The van der Waals surface area contributed by atoms with Crippen LogP contribution in [0.3, 0.4) is 0 Å². The number of aryl methyl sites for hydroxylation is 3. The molecule has 0 bridgehead atoms. The number of aromatic amines is 1. The molecule has 134 valence electrons. The Bertz CT molecular complexity index is 1080. The maximum absolute atomic E-state index is 12.5. The second-order valence-corrected chi connectivity index (χ2v) is 7.90. The van der Waals surface area contributed by atoms with Gasteiger partial charge in [0.25, 0.3) is 5.56 Å². The van der Waals surface area contributed by atoms with Gasteiger partial charge in [-0.15, -0.1) is 11.3 Å². The van der Waals surface area contributed by atoms with Crippen LogP contribution >= 0.6 is 11.3 Å². The lowest BCUT2D eigenvalue weighted by Crippen LogP contribution is -2.20. The number of nitrogens with one attached hydrogen (secondary N) is 3. The molecule has 0 fully saturated rings. The summed E-state index contributed by atoms with van der Waals surface area (Å²) in [5, 5.41) is 6.94.